The molecule has 0 aliphatic carbocycles. The van der Waals surface area contributed by atoms with Crippen molar-refractivity contribution in [1.82, 2.24) is 14.7 Å². The van der Waals surface area contributed by atoms with Crippen LogP contribution in [0.2, 0.25) is 0 Å². The molecule has 4 atom stereocenters. The monoisotopic (exact) mass is 850 g/mol. The Balaban J connectivity index is 0.000000173. The number of amides is 6. The number of nitrogens with zero attached hydrogens (tertiary/aromatic N) is 4. The van der Waals surface area contributed by atoms with Gasteiger partial charge >= 0.3 is 63.3 Å². The first-order chi connectivity index (χ1) is 28.9. The van der Waals surface area contributed by atoms with Gasteiger partial charge in [0.15, 0.2) is 11.1 Å². The van der Waals surface area contributed by atoms with E-state index in [0.29, 0.717) is 41.8 Å². The Morgan fingerprint density at radius 1 is 0.672 bits per heavy atom. The number of β-lactam (4-membered cyclic amide) rings is 2. The van der Waals surface area contributed by atoms with E-state index in [4.69, 9.17) is 9.47 Å². The number of carbonyl (C=O) groups excluding carboxylic acids is 8. The van der Waals surface area contributed by atoms with E-state index in [9.17, 15) is 38.4 Å². The standard InChI is InChI=1S/C24H24N2O5.C14H15NO3.C8H5NO2.K/c1-3-31-23(30)24(16(2)20(27)26(24)15-17-9-5-4-6-10-17)13-14-25-21(28)18-11-7-8-12-19(18)22(25)29;1-10-12(16)15(9-11-5-3-2-4-6-11)14(10)7-8-18-13(14)17;10-7-5-3-1-2-4-6(5)8(11)9-7;/h4-12,16H,3,13-15H2,1-2H3;2-6,10H,7-9H2,1H3;1-4H,(H,9,10,11);/q;;;+1/p-1/t16-,24+;10-,14+;;/m00../s1. The minimum absolute atomic E-state index is 0. The molecule has 6 amide bonds. The Bertz CT molecular complexity index is 2330. The second-order valence-electron chi connectivity index (χ2n) is 15.0. The number of benzene rings is 4. The molecule has 4 aromatic carbocycles. The Morgan fingerprint density at radius 3 is 1.61 bits per heavy atom. The summed E-state index contributed by atoms with van der Waals surface area (Å²) in [5.74, 6) is -3.34. The molecule has 3 fully saturated rings. The quantitative estimate of drug-likeness (QED) is 0.105. The molecular weight excluding hydrogens is 808 g/mol. The summed E-state index contributed by atoms with van der Waals surface area (Å²) in [7, 11) is 0. The van der Waals surface area contributed by atoms with E-state index in [2.05, 4.69) is 5.32 Å². The van der Waals surface area contributed by atoms with Crippen LogP contribution in [0.3, 0.4) is 0 Å². The Hall–Kier alpha value is -5.32. The van der Waals surface area contributed by atoms with Crippen LogP contribution in [0, 0.1) is 11.8 Å². The van der Waals surface area contributed by atoms with E-state index in [1.165, 1.54) is 4.90 Å². The Morgan fingerprint density at radius 2 is 1.13 bits per heavy atom. The minimum Gasteiger partial charge on any atom is -0.587 e. The predicted molar refractivity (Wildman–Crippen MR) is 215 cm³/mol. The van der Waals surface area contributed by atoms with Crippen molar-refractivity contribution in [2.45, 2.75) is 57.8 Å². The van der Waals surface area contributed by atoms with Gasteiger partial charge in [-0.2, -0.15) is 0 Å². The molecule has 4 aromatic rings. The van der Waals surface area contributed by atoms with Crippen LogP contribution in [0.25, 0.3) is 5.32 Å². The maximum absolute atomic E-state index is 13.1. The first-order valence-corrected chi connectivity index (χ1v) is 19.8. The molecule has 14 nitrogen and oxygen atoms in total. The van der Waals surface area contributed by atoms with Crippen molar-refractivity contribution in [2.75, 3.05) is 19.8 Å². The maximum atomic E-state index is 13.1. The first kappa shape index (κ1) is 45.2. The number of rotatable bonds is 9. The summed E-state index contributed by atoms with van der Waals surface area (Å²) in [5.41, 5.74) is 1.54. The zero-order valence-corrected chi connectivity index (χ0v) is 37.5. The molecule has 9 rings (SSSR count). The first-order valence-electron chi connectivity index (χ1n) is 19.8. The SMILES string of the molecule is CCOC(=O)[C@@]1(CCN2C(=O)c3ccccc3C2=O)[C@@H](C)C(=O)N1Cc1ccccc1.C[C@H]1C(=O)N(Cc2ccccc2)[C@]12CCOC2=O.O=C1[N-]C(=O)c2ccccc21.[K+]. The summed E-state index contributed by atoms with van der Waals surface area (Å²) in [6.45, 7) is 6.58. The van der Waals surface area contributed by atoms with Gasteiger partial charge in [0.05, 0.1) is 48.0 Å². The molecule has 0 unspecified atom stereocenters. The molecule has 5 aliphatic heterocycles. The summed E-state index contributed by atoms with van der Waals surface area (Å²) in [4.78, 5) is 101. The van der Waals surface area contributed by atoms with E-state index in [0.717, 1.165) is 16.0 Å². The van der Waals surface area contributed by atoms with Gasteiger partial charge in [-0.15, -0.1) is 0 Å². The van der Waals surface area contributed by atoms with E-state index < -0.39 is 34.8 Å². The van der Waals surface area contributed by atoms with Crippen LogP contribution in [0.15, 0.2) is 109 Å². The van der Waals surface area contributed by atoms with Gasteiger partial charge < -0.3 is 34.2 Å². The van der Waals surface area contributed by atoms with Crippen molar-refractivity contribution in [1.29, 1.82) is 0 Å². The number of carbonyl (C=O) groups is 8. The average Bonchev–Trinajstić information content (AvgIpc) is 3.90. The topological polar surface area (TPSA) is 179 Å². The average molecular weight is 851 g/mol. The zero-order chi connectivity index (χ0) is 42.8. The summed E-state index contributed by atoms with van der Waals surface area (Å²) in [6.07, 6.45) is 0.739. The van der Waals surface area contributed by atoms with Crippen molar-refractivity contribution in [3.8, 4) is 0 Å². The molecule has 0 bridgehead atoms. The molecule has 3 saturated heterocycles. The van der Waals surface area contributed by atoms with E-state index >= 15 is 0 Å². The van der Waals surface area contributed by atoms with Crippen LogP contribution in [0.5, 0.6) is 0 Å². The molecule has 1 spiro atoms. The number of likely N-dealkylation sites (tertiary alicyclic amines) is 2. The molecule has 0 aromatic heterocycles. The van der Waals surface area contributed by atoms with Gasteiger partial charge in [-0.05, 0) is 30.2 Å². The normalized spacial score (nSPS) is 23.0. The third-order valence-corrected chi connectivity index (χ3v) is 11.9. The van der Waals surface area contributed by atoms with E-state index in [1.807, 2.05) is 67.6 Å². The summed E-state index contributed by atoms with van der Waals surface area (Å²) < 4.78 is 10.4. The van der Waals surface area contributed by atoms with Gasteiger partial charge in [0, 0.05) is 43.6 Å². The molecule has 0 saturated carbocycles. The molecule has 5 heterocycles. The number of cyclic esters (lactones) is 1. The Kier molecular flexibility index (Phi) is 13.9. The van der Waals surface area contributed by atoms with Crippen molar-refractivity contribution < 1.29 is 99.2 Å². The molecule has 5 aliphatic rings. The van der Waals surface area contributed by atoms with Crippen molar-refractivity contribution in [3.63, 3.8) is 0 Å². The van der Waals surface area contributed by atoms with Gasteiger partial charge in [0.25, 0.3) is 11.8 Å². The fraction of sp³-hybridized carbons (Fsp3) is 0.304. The maximum Gasteiger partial charge on any atom is 1.00 e. The van der Waals surface area contributed by atoms with Crippen LogP contribution < -0.4 is 51.4 Å². The van der Waals surface area contributed by atoms with Gasteiger partial charge in [0.2, 0.25) is 11.8 Å². The van der Waals surface area contributed by atoms with Crippen LogP contribution in [0.4, 0.5) is 0 Å². The smallest absolute Gasteiger partial charge is 0.587 e. The fourth-order valence-electron chi connectivity index (χ4n) is 8.53. The molecular formula is C46H43KN4O10. The summed E-state index contributed by atoms with van der Waals surface area (Å²) in [5, 5.41) is 3.28. The van der Waals surface area contributed by atoms with Gasteiger partial charge in [-0.1, -0.05) is 111 Å². The Labute approximate surface area is 395 Å². The van der Waals surface area contributed by atoms with E-state index in [-0.39, 0.29) is 113 Å². The number of fused-ring (bicyclic) bond motifs is 2. The number of esters is 2. The van der Waals surface area contributed by atoms with Gasteiger partial charge in [-0.25, -0.2) is 9.59 Å². The van der Waals surface area contributed by atoms with Crippen molar-refractivity contribution in [2.24, 2.45) is 11.8 Å². The zero-order valence-electron chi connectivity index (χ0n) is 34.4. The predicted octanol–water partition coefficient (Wildman–Crippen LogP) is 2.36. The summed E-state index contributed by atoms with van der Waals surface area (Å²) in [6, 6.07) is 32.4. The summed E-state index contributed by atoms with van der Waals surface area (Å²) >= 11 is 0. The molecule has 15 heteroatoms. The van der Waals surface area contributed by atoms with Crippen LogP contribution in [-0.2, 0) is 41.7 Å². The van der Waals surface area contributed by atoms with Crippen molar-refractivity contribution >= 4 is 47.4 Å². The number of ether oxygens (including phenoxy) is 2. The fourth-order valence-corrected chi connectivity index (χ4v) is 8.53. The van der Waals surface area contributed by atoms with Gasteiger partial charge in [0.1, 0.15) is 0 Å². The number of hydrogen-bond acceptors (Lipinski definition) is 10. The molecule has 0 N–H and O–H groups in total. The largest absolute Gasteiger partial charge is 1.00 e. The second-order valence-corrected chi connectivity index (χ2v) is 15.0. The number of hydrogen-bond donors (Lipinski definition) is 0. The second kappa shape index (κ2) is 18.7. The molecule has 308 valence electrons. The van der Waals surface area contributed by atoms with Crippen molar-refractivity contribution in [3.05, 3.63) is 148 Å². The third-order valence-electron chi connectivity index (χ3n) is 11.9. The van der Waals surface area contributed by atoms with Crippen LogP contribution >= 0.6 is 0 Å². The molecule has 61 heavy (non-hydrogen) atoms. The van der Waals surface area contributed by atoms with E-state index in [1.54, 1.807) is 67.3 Å². The number of imide groups is 2. The minimum atomic E-state index is -1.22. The van der Waals surface area contributed by atoms with Crippen LogP contribution in [-0.4, -0.2) is 92.9 Å². The third kappa shape index (κ3) is 8.12. The van der Waals surface area contributed by atoms with Gasteiger partial charge in [-0.3, -0.25) is 24.1 Å². The molecule has 0 radical (unpaired) electrons. The van der Waals surface area contributed by atoms with Crippen LogP contribution in [0.1, 0.15) is 86.2 Å².